The monoisotopic (exact) mass is 476 g/mol. The summed E-state index contributed by atoms with van der Waals surface area (Å²) in [5.74, 6) is 0.0170. The third-order valence-electron chi connectivity index (χ3n) is 7.36. The molecule has 1 aromatic heterocycles. The minimum absolute atomic E-state index is 0.144. The SMILES string of the molecule is CCOC(=O)N1CCc2cnc(C(=O)NC3C=CC=C(C4=NN=C5CCC(C)(C)C4C5)N3)cc2C1. The van der Waals surface area contributed by atoms with E-state index in [-0.39, 0.29) is 17.4 Å². The molecule has 5 rings (SSSR count). The molecule has 1 aliphatic carbocycles. The molecule has 2 N–H and O–H groups in total. The van der Waals surface area contributed by atoms with Gasteiger partial charge in [0.05, 0.1) is 18.0 Å². The van der Waals surface area contributed by atoms with Crippen LogP contribution in [-0.4, -0.2) is 52.6 Å². The second kappa shape index (κ2) is 9.28. The van der Waals surface area contributed by atoms with Gasteiger partial charge < -0.3 is 20.3 Å². The Hall–Kier alpha value is -3.49. The van der Waals surface area contributed by atoms with E-state index in [0.29, 0.717) is 37.7 Å². The van der Waals surface area contributed by atoms with E-state index in [0.717, 1.165) is 41.8 Å². The summed E-state index contributed by atoms with van der Waals surface area (Å²) >= 11 is 0. The molecule has 0 radical (unpaired) electrons. The minimum Gasteiger partial charge on any atom is -0.450 e. The topological polar surface area (TPSA) is 108 Å². The first-order chi connectivity index (χ1) is 16.8. The van der Waals surface area contributed by atoms with Gasteiger partial charge >= 0.3 is 6.09 Å². The van der Waals surface area contributed by atoms with Crippen LogP contribution in [-0.2, 0) is 17.7 Å². The lowest BCUT2D eigenvalue weighted by Crippen LogP contribution is -2.49. The molecule has 35 heavy (non-hydrogen) atoms. The Balaban J connectivity index is 1.26. The number of carbonyl (C=O) groups is 2. The number of amides is 2. The third-order valence-corrected chi connectivity index (χ3v) is 7.36. The van der Waals surface area contributed by atoms with Gasteiger partial charge in [-0.3, -0.25) is 9.78 Å². The largest absolute Gasteiger partial charge is 0.450 e. The predicted octanol–water partition coefficient (Wildman–Crippen LogP) is 3.33. The van der Waals surface area contributed by atoms with Gasteiger partial charge in [0, 0.05) is 30.9 Å². The predicted molar refractivity (Wildman–Crippen MR) is 133 cm³/mol. The summed E-state index contributed by atoms with van der Waals surface area (Å²) < 4.78 is 5.13. The maximum atomic E-state index is 13.1. The van der Waals surface area contributed by atoms with Crippen molar-refractivity contribution >= 4 is 23.4 Å². The summed E-state index contributed by atoms with van der Waals surface area (Å²) in [6, 6.07) is 1.77. The number of hydrogen-bond donors (Lipinski definition) is 2. The number of nitrogens with zero attached hydrogens (tertiary/aromatic N) is 4. The lowest BCUT2D eigenvalue weighted by atomic mass is 9.65. The summed E-state index contributed by atoms with van der Waals surface area (Å²) in [5, 5.41) is 15.4. The maximum absolute atomic E-state index is 13.1. The Morgan fingerprint density at radius 2 is 2.11 bits per heavy atom. The van der Waals surface area contributed by atoms with Crippen LogP contribution in [0.2, 0.25) is 0 Å². The first kappa shape index (κ1) is 23.3. The lowest BCUT2D eigenvalue weighted by Gasteiger charge is -2.42. The summed E-state index contributed by atoms with van der Waals surface area (Å²) in [6.07, 6.45) is 10.6. The van der Waals surface area contributed by atoms with Crippen molar-refractivity contribution in [3.63, 3.8) is 0 Å². The fourth-order valence-electron chi connectivity index (χ4n) is 5.17. The molecule has 0 spiro atoms. The first-order valence-electron chi connectivity index (χ1n) is 12.3. The van der Waals surface area contributed by atoms with E-state index in [4.69, 9.17) is 4.74 Å². The number of allylic oxidation sites excluding steroid dienone is 3. The minimum atomic E-state index is -0.392. The molecule has 0 saturated heterocycles. The first-order valence-corrected chi connectivity index (χ1v) is 12.3. The van der Waals surface area contributed by atoms with Crippen molar-refractivity contribution in [1.29, 1.82) is 0 Å². The van der Waals surface area contributed by atoms with Crippen LogP contribution >= 0.6 is 0 Å². The third kappa shape index (κ3) is 4.72. The van der Waals surface area contributed by atoms with Crippen LogP contribution in [0.1, 0.15) is 61.6 Å². The molecule has 4 heterocycles. The van der Waals surface area contributed by atoms with Crippen LogP contribution in [0.3, 0.4) is 0 Å². The van der Waals surface area contributed by atoms with E-state index in [1.165, 1.54) is 5.71 Å². The molecular weight excluding hydrogens is 444 g/mol. The number of aromatic nitrogens is 1. The van der Waals surface area contributed by atoms with Crippen molar-refractivity contribution in [2.75, 3.05) is 13.2 Å². The van der Waals surface area contributed by atoms with Gasteiger partial charge in [0.25, 0.3) is 5.91 Å². The van der Waals surface area contributed by atoms with Crippen LogP contribution in [0.4, 0.5) is 4.79 Å². The van der Waals surface area contributed by atoms with Crippen molar-refractivity contribution in [3.05, 3.63) is 53.0 Å². The second-order valence-electron chi connectivity index (χ2n) is 10.2. The zero-order valence-corrected chi connectivity index (χ0v) is 20.5. The van der Waals surface area contributed by atoms with Gasteiger partial charge in [0.15, 0.2) is 0 Å². The molecule has 9 heteroatoms. The van der Waals surface area contributed by atoms with E-state index in [1.807, 2.05) is 18.2 Å². The van der Waals surface area contributed by atoms with Crippen molar-refractivity contribution in [3.8, 4) is 0 Å². The molecule has 3 aliphatic heterocycles. The lowest BCUT2D eigenvalue weighted by molar-refractivity contribution is 0.0935. The summed E-state index contributed by atoms with van der Waals surface area (Å²) in [4.78, 5) is 31.2. The number of nitrogens with one attached hydrogen (secondary N) is 2. The molecule has 4 aliphatic rings. The normalized spacial score (nSPS) is 24.3. The molecule has 0 aromatic carbocycles. The van der Waals surface area contributed by atoms with Crippen LogP contribution in [0, 0.1) is 11.3 Å². The summed E-state index contributed by atoms with van der Waals surface area (Å²) in [5.41, 5.74) is 5.45. The van der Waals surface area contributed by atoms with Gasteiger partial charge in [-0.05, 0) is 67.4 Å². The zero-order valence-electron chi connectivity index (χ0n) is 20.5. The van der Waals surface area contributed by atoms with Crippen molar-refractivity contribution in [2.45, 2.75) is 59.2 Å². The van der Waals surface area contributed by atoms with Gasteiger partial charge in [-0.1, -0.05) is 19.9 Å². The van der Waals surface area contributed by atoms with Gasteiger partial charge in [-0.15, -0.1) is 0 Å². The Morgan fingerprint density at radius 3 is 2.94 bits per heavy atom. The summed E-state index contributed by atoms with van der Waals surface area (Å²) in [6.45, 7) is 7.70. The number of dihydropyridines is 1. The van der Waals surface area contributed by atoms with E-state index in [9.17, 15) is 9.59 Å². The number of carbonyl (C=O) groups excluding carboxylic acids is 2. The molecule has 2 unspecified atom stereocenters. The highest BCUT2D eigenvalue weighted by molar-refractivity contribution is 6.07. The van der Waals surface area contributed by atoms with Crippen LogP contribution < -0.4 is 10.6 Å². The number of rotatable bonds is 4. The molecule has 1 saturated carbocycles. The zero-order chi connectivity index (χ0) is 24.6. The highest BCUT2D eigenvalue weighted by Crippen LogP contribution is 2.43. The molecular formula is C26H32N6O3. The Morgan fingerprint density at radius 1 is 1.26 bits per heavy atom. The molecule has 184 valence electrons. The van der Waals surface area contributed by atoms with Crippen molar-refractivity contribution in [2.24, 2.45) is 21.5 Å². The van der Waals surface area contributed by atoms with Crippen LogP contribution in [0.5, 0.6) is 0 Å². The quantitative estimate of drug-likeness (QED) is 0.693. The molecule has 1 fully saturated rings. The Labute approximate surface area is 205 Å². The van der Waals surface area contributed by atoms with Gasteiger partial charge in [-0.25, -0.2) is 4.79 Å². The van der Waals surface area contributed by atoms with Gasteiger partial charge in [-0.2, -0.15) is 10.2 Å². The highest BCUT2D eigenvalue weighted by atomic mass is 16.6. The molecule has 9 nitrogen and oxygen atoms in total. The number of ether oxygens (including phenoxy) is 1. The standard InChI is InChI=1S/C26H32N6O3/c1-4-35-25(34)32-11-9-16-14-27-21(12-17(16)15-32)24(33)29-22-7-5-6-20(28-22)23-19-13-18(30-31-23)8-10-26(19,2)3/h5-7,12,14,19,22,28H,4,8-11,13,15H2,1-3H3,(H,29,33). The van der Waals surface area contributed by atoms with Crippen LogP contribution in [0.25, 0.3) is 0 Å². The average molecular weight is 477 g/mol. The Kier molecular flexibility index (Phi) is 6.17. The van der Waals surface area contributed by atoms with Gasteiger partial charge in [0.2, 0.25) is 0 Å². The second-order valence-corrected chi connectivity index (χ2v) is 10.2. The number of fused-ring (bicyclic) bond motifs is 3. The average Bonchev–Trinajstić information content (AvgIpc) is 2.86. The van der Waals surface area contributed by atoms with E-state index in [1.54, 1.807) is 24.1 Å². The van der Waals surface area contributed by atoms with E-state index >= 15 is 0 Å². The molecule has 1 aromatic rings. The fourth-order valence-corrected chi connectivity index (χ4v) is 5.17. The smallest absolute Gasteiger partial charge is 0.410 e. The van der Waals surface area contributed by atoms with E-state index in [2.05, 4.69) is 39.7 Å². The molecule has 2 amide bonds. The Bertz CT molecular complexity index is 1170. The van der Waals surface area contributed by atoms with Gasteiger partial charge in [0.1, 0.15) is 11.9 Å². The number of hydrogen-bond acceptors (Lipinski definition) is 7. The molecule has 2 bridgehead atoms. The van der Waals surface area contributed by atoms with E-state index < -0.39 is 6.17 Å². The fraction of sp³-hybridized carbons (Fsp3) is 0.500. The maximum Gasteiger partial charge on any atom is 0.410 e. The van der Waals surface area contributed by atoms with Crippen molar-refractivity contribution in [1.82, 2.24) is 20.5 Å². The summed E-state index contributed by atoms with van der Waals surface area (Å²) in [7, 11) is 0. The highest BCUT2D eigenvalue weighted by Gasteiger charge is 2.41. The molecule has 2 atom stereocenters. The van der Waals surface area contributed by atoms with Crippen molar-refractivity contribution < 1.29 is 14.3 Å². The van der Waals surface area contributed by atoms with Crippen LogP contribution in [0.15, 0.2) is 46.4 Å². The number of pyridine rings is 1.